The summed E-state index contributed by atoms with van der Waals surface area (Å²) in [5.74, 6) is 1.73. The Bertz CT molecular complexity index is 390. The first-order valence-corrected chi connectivity index (χ1v) is 8.08. The normalized spacial score (nSPS) is 11.4. The zero-order valence-electron chi connectivity index (χ0n) is 14.4. The van der Waals surface area contributed by atoms with Crippen LogP contribution in [0.2, 0.25) is 0 Å². The Labute approximate surface area is 130 Å². The van der Waals surface area contributed by atoms with Crippen LogP contribution in [0.5, 0.6) is 0 Å². The van der Waals surface area contributed by atoms with Gasteiger partial charge in [0.05, 0.1) is 0 Å². The first kappa shape index (κ1) is 17.9. The second kappa shape index (κ2) is 9.74. The van der Waals surface area contributed by atoms with Crippen LogP contribution in [0.1, 0.15) is 32.8 Å². The maximum absolute atomic E-state index is 4.58. The van der Waals surface area contributed by atoms with E-state index in [1.54, 1.807) is 0 Å². The largest absolute Gasteiger partial charge is 0.355 e. The standard InChI is InChI=1S/C17H32N4/c1-6-8-18-13-16-7-9-19-17(12-16)21(14-15(2)3)11-10-20(4)5/h7,9,12,15,18H,6,8,10-11,13-14H2,1-5H3. The molecular formula is C17H32N4. The van der Waals surface area contributed by atoms with Crippen LogP contribution in [-0.4, -0.2) is 50.2 Å². The van der Waals surface area contributed by atoms with E-state index in [0.717, 1.165) is 38.5 Å². The molecule has 1 rings (SSSR count). The second-order valence-electron chi connectivity index (χ2n) is 6.34. The molecule has 0 atom stereocenters. The number of rotatable bonds is 10. The van der Waals surface area contributed by atoms with E-state index in [1.807, 2.05) is 6.20 Å². The van der Waals surface area contributed by atoms with E-state index in [2.05, 4.69) is 67.1 Å². The Kier molecular flexibility index (Phi) is 8.31. The molecule has 0 amide bonds. The van der Waals surface area contributed by atoms with Crippen molar-refractivity contribution < 1.29 is 0 Å². The number of nitrogens with one attached hydrogen (secondary N) is 1. The molecule has 1 N–H and O–H groups in total. The van der Waals surface area contributed by atoms with E-state index in [9.17, 15) is 0 Å². The highest BCUT2D eigenvalue weighted by molar-refractivity contribution is 5.41. The highest BCUT2D eigenvalue weighted by atomic mass is 15.2. The lowest BCUT2D eigenvalue weighted by Crippen LogP contribution is -2.35. The summed E-state index contributed by atoms with van der Waals surface area (Å²) in [6.07, 6.45) is 3.10. The van der Waals surface area contributed by atoms with Crippen LogP contribution >= 0.6 is 0 Å². The summed E-state index contributed by atoms with van der Waals surface area (Å²) >= 11 is 0. The Morgan fingerprint density at radius 3 is 2.62 bits per heavy atom. The molecule has 0 bridgehead atoms. The minimum Gasteiger partial charge on any atom is -0.355 e. The quantitative estimate of drug-likeness (QED) is 0.672. The van der Waals surface area contributed by atoms with Crippen molar-refractivity contribution in [2.45, 2.75) is 33.7 Å². The Morgan fingerprint density at radius 1 is 1.24 bits per heavy atom. The summed E-state index contributed by atoms with van der Waals surface area (Å²) in [5, 5.41) is 3.45. The predicted octanol–water partition coefficient (Wildman–Crippen LogP) is 2.61. The molecule has 0 spiro atoms. The van der Waals surface area contributed by atoms with Crippen LogP contribution in [0.15, 0.2) is 18.3 Å². The number of hydrogen-bond acceptors (Lipinski definition) is 4. The average molecular weight is 292 g/mol. The molecule has 0 radical (unpaired) electrons. The maximum Gasteiger partial charge on any atom is 0.128 e. The van der Waals surface area contributed by atoms with Gasteiger partial charge in [0.15, 0.2) is 0 Å². The molecule has 0 aromatic carbocycles. The summed E-state index contributed by atoms with van der Waals surface area (Å²) in [5.41, 5.74) is 1.31. The van der Waals surface area contributed by atoms with Gasteiger partial charge in [-0.3, -0.25) is 0 Å². The third kappa shape index (κ3) is 7.44. The molecule has 0 unspecified atom stereocenters. The molecule has 4 heteroatoms. The van der Waals surface area contributed by atoms with Gasteiger partial charge in [0.1, 0.15) is 5.82 Å². The van der Waals surface area contributed by atoms with Crippen molar-refractivity contribution in [2.24, 2.45) is 5.92 Å². The van der Waals surface area contributed by atoms with Gasteiger partial charge in [0, 0.05) is 32.4 Å². The van der Waals surface area contributed by atoms with Gasteiger partial charge in [-0.05, 0) is 50.7 Å². The molecule has 0 aliphatic carbocycles. The van der Waals surface area contributed by atoms with E-state index < -0.39 is 0 Å². The molecule has 0 fully saturated rings. The predicted molar refractivity (Wildman–Crippen MR) is 91.8 cm³/mol. The topological polar surface area (TPSA) is 31.4 Å². The van der Waals surface area contributed by atoms with Gasteiger partial charge in [-0.2, -0.15) is 0 Å². The van der Waals surface area contributed by atoms with Crippen LogP contribution in [0.3, 0.4) is 0 Å². The van der Waals surface area contributed by atoms with Gasteiger partial charge < -0.3 is 15.1 Å². The van der Waals surface area contributed by atoms with Gasteiger partial charge in [-0.15, -0.1) is 0 Å². The minimum atomic E-state index is 0.635. The molecule has 0 aliphatic heterocycles. The zero-order chi connectivity index (χ0) is 15.7. The lowest BCUT2D eigenvalue weighted by molar-refractivity contribution is 0.408. The second-order valence-corrected chi connectivity index (χ2v) is 6.34. The van der Waals surface area contributed by atoms with Crippen LogP contribution < -0.4 is 10.2 Å². The fourth-order valence-corrected chi connectivity index (χ4v) is 2.21. The molecule has 1 aromatic rings. The van der Waals surface area contributed by atoms with E-state index in [4.69, 9.17) is 0 Å². The van der Waals surface area contributed by atoms with Gasteiger partial charge in [0.2, 0.25) is 0 Å². The third-order valence-electron chi connectivity index (χ3n) is 3.29. The first-order chi connectivity index (χ1) is 10.0. The minimum absolute atomic E-state index is 0.635. The molecular weight excluding hydrogens is 260 g/mol. The molecule has 0 aliphatic rings. The molecule has 1 heterocycles. The van der Waals surface area contributed by atoms with Crippen molar-refractivity contribution in [3.63, 3.8) is 0 Å². The average Bonchev–Trinajstić information content (AvgIpc) is 2.43. The highest BCUT2D eigenvalue weighted by Gasteiger charge is 2.10. The monoisotopic (exact) mass is 292 g/mol. The van der Waals surface area contributed by atoms with E-state index in [1.165, 1.54) is 12.0 Å². The van der Waals surface area contributed by atoms with Crippen molar-refractivity contribution in [3.8, 4) is 0 Å². The van der Waals surface area contributed by atoms with Crippen molar-refractivity contribution in [1.29, 1.82) is 0 Å². The number of pyridine rings is 1. The number of nitrogens with zero attached hydrogens (tertiary/aromatic N) is 3. The van der Waals surface area contributed by atoms with Gasteiger partial charge >= 0.3 is 0 Å². The maximum atomic E-state index is 4.58. The summed E-state index contributed by atoms with van der Waals surface area (Å²) in [7, 11) is 4.23. The number of hydrogen-bond donors (Lipinski definition) is 1. The van der Waals surface area contributed by atoms with Crippen molar-refractivity contribution in [1.82, 2.24) is 15.2 Å². The van der Waals surface area contributed by atoms with Crippen LogP contribution in [-0.2, 0) is 6.54 Å². The molecule has 21 heavy (non-hydrogen) atoms. The van der Waals surface area contributed by atoms with Gasteiger partial charge in [-0.1, -0.05) is 20.8 Å². The number of anilines is 1. The summed E-state index contributed by atoms with van der Waals surface area (Å²) in [6.45, 7) is 11.8. The van der Waals surface area contributed by atoms with E-state index in [0.29, 0.717) is 5.92 Å². The molecule has 120 valence electrons. The Morgan fingerprint density at radius 2 is 2.00 bits per heavy atom. The number of aromatic nitrogens is 1. The summed E-state index contributed by atoms with van der Waals surface area (Å²) < 4.78 is 0. The van der Waals surface area contributed by atoms with Crippen LogP contribution in [0.25, 0.3) is 0 Å². The van der Waals surface area contributed by atoms with Crippen molar-refractivity contribution in [2.75, 3.05) is 45.2 Å². The van der Waals surface area contributed by atoms with Crippen molar-refractivity contribution >= 4 is 5.82 Å². The van der Waals surface area contributed by atoms with Crippen LogP contribution in [0.4, 0.5) is 5.82 Å². The zero-order valence-corrected chi connectivity index (χ0v) is 14.4. The summed E-state index contributed by atoms with van der Waals surface area (Å²) in [6, 6.07) is 4.33. The molecule has 0 saturated carbocycles. The third-order valence-corrected chi connectivity index (χ3v) is 3.29. The SMILES string of the molecule is CCCNCc1ccnc(N(CCN(C)C)CC(C)C)c1. The van der Waals surface area contributed by atoms with E-state index >= 15 is 0 Å². The lowest BCUT2D eigenvalue weighted by Gasteiger charge is -2.27. The highest BCUT2D eigenvalue weighted by Crippen LogP contribution is 2.14. The molecule has 4 nitrogen and oxygen atoms in total. The summed E-state index contributed by atoms with van der Waals surface area (Å²) in [4.78, 5) is 9.20. The van der Waals surface area contributed by atoms with Gasteiger partial charge in [0.25, 0.3) is 0 Å². The fourth-order valence-electron chi connectivity index (χ4n) is 2.21. The van der Waals surface area contributed by atoms with Crippen molar-refractivity contribution in [3.05, 3.63) is 23.9 Å². The number of likely N-dealkylation sites (N-methyl/N-ethyl adjacent to an activating group) is 1. The molecule has 0 saturated heterocycles. The van der Waals surface area contributed by atoms with Crippen LogP contribution in [0, 0.1) is 5.92 Å². The van der Waals surface area contributed by atoms with Gasteiger partial charge in [-0.25, -0.2) is 4.98 Å². The Hall–Kier alpha value is -1.13. The first-order valence-electron chi connectivity index (χ1n) is 8.08. The smallest absolute Gasteiger partial charge is 0.128 e. The van der Waals surface area contributed by atoms with E-state index in [-0.39, 0.29) is 0 Å². The fraction of sp³-hybridized carbons (Fsp3) is 0.706. The Balaban J connectivity index is 2.73. The molecule has 1 aromatic heterocycles. The lowest BCUT2D eigenvalue weighted by atomic mass is 10.2.